The molecule has 0 radical (unpaired) electrons. The number of hydrogen-bond donors (Lipinski definition) is 1. The normalized spacial score (nSPS) is 15.6. The van der Waals surface area contributed by atoms with Gasteiger partial charge < -0.3 is 5.73 Å². The second-order valence-electron chi connectivity index (χ2n) is 4.07. The number of allylic oxidation sites excluding steroid dienone is 2. The zero-order valence-corrected chi connectivity index (χ0v) is 12.5. The molecule has 1 unspecified atom stereocenters. The molecule has 0 aliphatic heterocycles. The Morgan fingerprint density at radius 2 is 2.24 bits per heavy atom. The van der Waals surface area contributed by atoms with Crippen LogP contribution in [0.4, 0.5) is 0 Å². The summed E-state index contributed by atoms with van der Waals surface area (Å²) >= 11 is 9.72. The third kappa shape index (κ3) is 3.62. The first-order chi connectivity index (χ1) is 7.97. The van der Waals surface area contributed by atoms with Crippen molar-refractivity contribution in [3.8, 4) is 0 Å². The molecule has 1 rings (SSSR count). The monoisotopic (exact) mass is 313 g/mol. The second kappa shape index (κ2) is 6.27. The van der Waals surface area contributed by atoms with Crippen molar-refractivity contribution in [1.29, 1.82) is 0 Å². The third-order valence-corrected chi connectivity index (χ3v) is 3.91. The van der Waals surface area contributed by atoms with Crippen LogP contribution in [0.5, 0.6) is 0 Å². The minimum absolute atomic E-state index is 0.337. The van der Waals surface area contributed by atoms with Gasteiger partial charge >= 0.3 is 0 Å². The summed E-state index contributed by atoms with van der Waals surface area (Å²) in [5.74, 6) is 0.337. The van der Waals surface area contributed by atoms with E-state index in [2.05, 4.69) is 36.4 Å². The summed E-state index contributed by atoms with van der Waals surface area (Å²) in [6.45, 7) is 8.18. The molecule has 0 saturated carbocycles. The summed E-state index contributed by atoms with van der Waals surface area (Å²) in [7, 11) is 0. The van der Waals surface area contributed by atoms with Crippen LogP contribution in [-0.2, 0) is 0 Å². The lowest BCUT2D eigenvalue weighted by Crippen LogP contribution is -2.25. The Labute approximate surface area is 116 Å². The van der Waals surface area contributed by atoms with Crippen molar-refractivity contribution in [2.45, 2.75) is 20.3 Å². The van der Waals surface area contributed by atoms with Crippen LogP contribution in [0.2, 0.25) is 0 Å². The molecule has 0 bridgehead atoms. The highest BCUT2D eigenvalue weighted by atomic mass is 79.9. The van der Waals surface area contributed by atoms with Crippen molar-refractivity contribution in [1.82, 2.24) is 0 Å². The van der Waals surface area contributed by atoms with E-state index in [1.165, 1.54) is 0 Å². The van der Waals surface area contributed by atoms with E-state index in [-0.39, 0.29) is 0 Å². The molecule has 1 aromatic carbocycles. The van der Waals surface area contributed by atoms with Crippen LogP contribution in [0.3, 0.4) is 0 Å². The molecule has 3 heteroatoms. The van der Waals surface area contributed by atoms with Crippen molar-refractivity contribution in [3.05, 3.63) is 44.9 Å². The fourth-order valence-electron chi connectivity index (χ4n) is 1.38. The van der Waals surface area contributed by atoms with E-state index in [1.807, 2.05) is 24.3 Å². The average Bonchev–Trinajstić information content (AvgIpc) is 2.31. The SMILES string of the molecule is C=c1c(Br)ccc/c1=C(Cl)/C=C(/N)C(C)CC. The highest BCUT2D eigenvalue weighted by Gasteiger charge is 2.03. The molecule has 17 heavy (non-hydrogen) atoms. The van der Waals surface area contributed by atoms with Crippen LogP contribution in [0.25, 0.3) is 11.6 Å². The van der Waals surface area contributed by atoms with Crippen LogP contribution < -0.4 is 16.2 Å². The van der Waals surface area contributed by atoms with Crippen molar-refractivity contribution in [3.63, 3.8) is 0 Å². The van der Waals surface area contributed by atoms with Gasteiger partial charge in [-0.3, -0.25) is 0 Å². The van der Waals surface area contributed by atoms with E-state index in [1.54, 1.807) is 0 Å². The van der Waals surface area contributed by atoms with Gasteiger partial charge in [0.15, 0.2) is 0 Å². The Morgan fingerprint density at radius 1 is 1.59 bits per heavy atom. The molecule has 0 aliphatic carbocycles. The molecule has 0 aromatic heterocycles. The van der Waals surface area contributed by atoms with Crippen molar-refractivity contribution in [2.75, 3.05) is 0 Å². The second-order valence-corrected chi connectivity index (χ2v) is 5.33. The first kappa shape index (κ1) is 14.3. The number of rotatable bonds is 3. The topological polar surface area (TPSA) is 26.0 Å². The largest absolute Gasteiger partial charge is 0.402 e. The molecule has 0 spiro atoms. The van der Waals surface area contributed by atoms with Crippen LogP contribution in [-0.4, -0.2) is 0 Å². The van der Waals surface area contributed by atoms with Gasteiger partial charge in [-0.25, -0.2) is 0 Å². The summed E-state index contributed by atoms with van der Waals surface area (Å²) in [5, 5.41) is 2.42. The number of hydrogen-bond acceptors (Lipinski definition) is 1. The Kier molecular flexibility index (Phi) is 5.29. The van der Waals surface area contributed by atoms with Gasteiger partial charge in [-0.1, -0.05) is 60.1 Å². The quantitative estimate of drug-likeness (QED) is 0.911. The van der Waals surface area contributed by atoms with E-state index in [4.69, 9.17) is 17.3 Å². The Hall–Kier alpha value is -0.730. The van der Waals surface area contributed by atoms with Crippen LogP contribution >= 0.6 is 27.5 Å². The molecule has 0 saturated heterocycles. The maximum atomic E-state index is 6.28. The molecule has 1 aromatic rings. The predicted molar refractivity (Wildman–Crippen MR) is 79.9 cm³/mol. The smallest absolute Gasteiger partial charge is 0.0501 e. The summed E-state index contributed by atoms with van der Waals surface area (Å²) in [4.78, 5) is 0. The van der Waals surface area contributed by atoms with Crippen LogP contribution in [0.15, 0.2) is 34.4 Å². The van der Waals surface area contributed by atoms with E-state index in [0.29, 0.717) is 11.0 Å². The van der Waals surface area contributed by atoms with Crippen molar-refractivity contribution < 1.29 is 0 Å². The summed E-state index contributed by atoms with van der Waals surface area (Å²) in [6, 6.07) is 5.82. The highest BCUT2D eigenvalue weighted by molar-refractivity contribution is 9.10. The van der Waals surface area contributed by atoms with Gasteiger partial charge in [0.25, 0.3) is 0 Å². The number of halogens is 2. The first-order valence-corrected chi connectivity index (χ1v) is 6.74. The number of nitrogens with two attached hydrogens (primary N) is 1. The summed E-state index contributed by atoms with van der Waals surface area (Å²) in [6.07, 6.45) is 2.83. The molecule has 0 fully saturated rings. The van der Waals surface area contributed by atoms with Gasteiger partial charge in [0.05, 0.1) is 5.03 Å². The molecule has 0 aliphatic rings. The average molecular weight is 315 g/mol. The molecule has 92 valence electrons. The van der Waals surface area contributed by atoms with E-state index in [0.717, 1.165) is 27.0 Å². The summed E-state index contributed by atoms with van der Waals surface area (Å²) in [5.41, 5.74) is 6.78. The highest BCUT2D eigenvalue weighted by Crippen LogP contribution is 2.13. The standard InChI is InChI=1S/C14H17BrClN/c1-4-9(2)14(17)8-13(16)11-6-5-7-12(15)10(11)3/h5-9H,3-4,17H2,1-2H3/b13-11+,14-8+. The molecule has 1 nitrogen and oxygen atoms in total. The lowest BCUT2D eigenvalue weighted by Gasteiger charge is -2.08. The zero-order chi connectivity index (χ0) is 13.0. The van der Waals surface area contributed by atoms with Gasteiger partial charge in [-0.2, -0.15) is 0 Å². The Morgan fingerprint density at radius 3 is 2.82 bits per heavy atom. The molecular formula is C14H17BrClN. The van der Waals surface area contributed by atoms with E-state index < -0.39 is 0 Å². The van der Waals surface area contributed by atoms with Crippen LogP contribution in [0.1, 0.15) is 20.3 Å². The molecule has 2 N–H and O–H groups in total. The summed E-state index contributed by atoms with van der Waals surface area (Å²) < 4.78 is 0.948. The Bertz CT molecular complexity index is 534. The fraction of sp³-hybridized carbons (Fsp3) is 0.286. The van der Waals surface area contributed by atoms with Gasteiger partial charge in [0.2, 0.25) is 0 Å². The lowest BCUT2D eigenvalue weighted by atomic mass is 10.0. The van der Waals surface area contributed by atoms with Crippen molar-refractivity contribution >= 4 is 39.1 Å². The van der Waals surface area contributed by atoms with E-state index >= 15 is 0 Å². The predicted octanol–water partition coefficient (Wildman–Crippen LogP) is 3.10. The van der Waals surface area contributed by atoms with Crippen LogP contribution in [0, 0.1) is 5.92 Å². The third-order valence-electron chi connectivity index (χ3n) is 2.85. The minimum atomic E-state index is 0.337. The lowest BCUT2D eigenvalue weighted by molar-refractivity contribution is 0.648. The minimum Gasteiger partial charge on any atom is -0.402 e. The first-order valence-electron chi connectivity index (χ1n) is 5.57. The van der Waals surface area contributed by atoms with Gasteiger partial charge in [0.1, 0.15) is 0 Å². The zero-order valence-electron chi connectivity index (χ0n) is 10.1. The molecule has 1 atom stereocenters. The van der Waals surface area contributed by atoms with E-state index in [9.17, 15) is 0 Å². The molecule has 0 amide bonds. The van der Waals surface area contributed by atoms with Gasteiger partial charge in [-0.15, -0.1) is 0 Å². The molecule has 0 heterocycles. The number of benzene rings is 1. The maximum absolute atomic E-state index is 6.28. The fourth-order valence-corrected chi connectivity index (χ4v) is 2.05. The van der Waals surface area contributed by atoms with Gasteiger partial charge in [-0.05, 0) is 29.7 Å². The van der Waals surface area contributed by atoms with Gasteiger partial charge in [0, 0.05) is 15.4 Å². The molecular weight excluding hydrogens is 298 g/mol. The van der Waals surface area contributed by atoms with Crippen molar-refractivity contribution in [2.24, 2.45) is 11.7 Å². The Balaban J connectivity index is 3.32. The maximum Gasteiger partial charge on any atom is 0.0501 e.